The largest absolute Gasteiger partial charge is 0.453 e. The molecule has 0 saturated carbocycles. The molecule has 4 aromatic rings. The minimum absolute atomic E-state index is 0.00896. The van der Waals surface area contributed by atoms with E-state index in [4.69, 9.17) is 14.2 Å². The highest BCUT2D eigenvalue weighted by molar-refractivity contribution is 5.83. The normalized spacial score (nSPS) is 21.7. The Balaban J connectivity index is 1.17. The molecule has 6 rings (SSSR count). The summed E-state index contributed by atoms with van der Waals surface area (Å²) in [5.74, 6) is -0.0121. The summed E-state index contributed by atoms with van der Waals surface area (Å²) in [6.07, 6.45) is 1.82. The lowest BCUT2D eigenvalue weighted by Crippen LogP contribution is -2.51. The molecule has 11 nitrogen and oxygen atoms in total. The fourth-order valence-corrected chi connectivity index (χ4v) is 6.57. The second kappa shape index (κ2) is 16.4. The molecule has 0 radical (unpaired) electrons. The van der Waals surface area contributed by atoms with Gasteiger partial charge >= 0.3 is 5.97 Å². The van der Waals surface area contributed by atoms with E-state index in [0.29, 0.717) is 6.54 Å². The number of piperazine rings is 1. The van der Waals surface area contributed by atoms with Gasteiger partial charge < -0.3 is 29.5 Å². The Morgan fingerprint density at radius 3 is 2.28 bits per heavy atom. The maximum Gasteiger partial charge on any atom is 0.303 e. The Bertz CT molecular complexity index is 1710. The molecule has 0 unspecified atom stereocenters. The van der Waals surface area contributed by atoms with Crippen LogP contribution in [0.2, 0.25) is 0 Å². The summed E-state index contributed by atoms with van der Waals surface area (Å²) >= 11 is 0. The van der Waals surface area contributed by atoms with Gasteiger partial charge in [0.25, 0.3) is 5.91 Å². The SMILES string of the molecule is CC(=O)O[C@@H](C)C(=O)NCc1ccccc1-c1ccc([C@@H]2O[C@H](CN3CCN(c4ncccn4)CC3)[C@H](C)[C@H](c3ccc(CO)cc3)O2)cc1. The number of nitrogens with zero attached hydrogens (tertiary/aromatic N) is 4. The van der Waals surface area contributed by atoms with Crippen LogP contribution in [0.3, 0.4) is 0 Å². The number of aromatic nitrogens is 2. The van der Waals surface area contributed by atoms with Crippen LogP contribution in [0.4, 0.5) is 5.95 Å². The lowest BCUT2D eigenvalue weighted by atomic mass is 9.89. The van der Waals surface area contributed by atoms with Crippen molar-refractivity contribution >= 4 is 17.8 Å². The number of hydrogen-bond donors (Lipinski definition) is 2. The summed E-state index contributed by atoms with van der Waals surface area (Å²) in [4.78, 5) is 37.3. The highest BCUT2D eigenvalue weighted by Gasteiger charge is 2.39. The van der Waals surface area contributed by atoms with Gasteiger partial charge in [0.15, 0.2) is 12.4 Å². The molecule has 0 aliphatic carbocycles. The number of aliphatic hydroxyl groups excluding tert-OH is 1. The van der Waals surface area contributed by atoms with Gasteiger partial charge in [-0.25, -0.2) is 9.97 Å². The average molecular weight is 680 g/mol. The number of carbonyl (C=O) groups is 2. The average Bonchev–Trinajstić information content (AvgIpc) is 3.15. The van der Waals surface area contributed by atoms with Crippen molar-refractivity contribution < 1.29 is 28.9 Å². The van der Waals surface area contributed by atoms with Crippen LogP contribution in [-0.4, -0.2) is 76.8 Å². The van der Waals surface area contributed by atoms with Gasteiger partial charge in [-0.3, -0.25) is 14.5 Å². The number of rotatable bonds is 11. The first-order valence-corrected chi connectivity index (χ1v) is 17.2. The molecule has 11 heteroatoms. The first-order valence-electron chi connectivity index (χ1n) is 17.2. The van der Waals surface area contributed by atoms with E-state index >= 15 is 0 Å². The molecule has 3 heterocycles. The number of carbonyl (C=O) groups excluding carboxylic acids is 2. The zero-order valence-corrected chi connectivity index (χ0v) is 28.8. The Morgan fingerprint density at radius 1 is 0.920 bits per heavy atom. The van der Waals surface area contributed by atoms with Gasteiger partial charge in [0.1, 0.15) is 0 Å². The fraction of sp³-hybridized carbons (Fsp3) is 0.385. The van der Waals surface area contributed by atoms with Gasteiger partial charge in [-0.15, -0.1) is 0 Å². The zero-order valence-electron chi connectivity index (χ0n) is 28.8. The number of ether oxygens (including phenoxy) is 3. The number of aliphatic hydroxyl groups is 1. The van der Waals surface area contributed by atoms with Crippen LogP contribution in [0.5, 0.6) is 0 Å². The lowest BCUT2D eigenvalue weighted by Gasteiger charge is -2.44. The third kappa shape index (κ3) is 8.54. The Hall–Kier alpha value is -4.68. The van der Waals surface area contributed by atoms with Gasteiger partial charge in [0, 0.05) is 70.1 Å². The van der Waals surface area contributed by atoms with Crippen LogP contribution < -0.4 is 10.2 Å². The number of hydrogen-bond acceptors (Lipinski definition) is 10. The molecule has 50 heavy (non-hydrogen) atoms. The van der Waals surface area contributed by atoms with E-state index in [1.54, 1.807) is 19.3 Å². The topological polar surface area (TPSA) is 126 Å². The van der Waals surface area contributed by atoms with Gasteiger partial charge in [0.05, 0.1) is 18.8 Å². The van der Waals surface area contributed by atoms with Crippen molar-refractivity contribution in [3.05, 3.63) is 114 Å². The van der Waals surface area contributed by atoms with Gasteiger partial charge in [-0.05, 0) is 40.8 Å². The molecule has 2 fully saturated rings. The standard InChI is InChI=1S/C39H45N5O6/c1-26-35(24-43-19-21-44(22-20-43)39-40-17-6-18-41-39)49-38(50-36(26)31-11-9-29(25-45)10-12-31)32-15-13-30(14-16-32)34-8-5-4-7-33(34)23-42-37(47)27(2)48-28(3)46/h4-18,26-27,35-36,38,45H,19-25H2,1-3H3,(H,42,47)/t26-,27-,35+,36+,38+/m0/s1. The van der Waals surface area contributed by atoms with Gasteiger partial charge in [0.2, 0.25) is 5.95 Å². The Labute approximate surface area is 293 Å². The minimum Gasteiger partial charge on any atom is -0.453 e. The number of nitrogens with one attached hydrogen (secondary N) is 1. The molecule has 262 valence electrons. The molecule has 5 atom stereocenters. The molecule has 1 amide bonds. The van der Waals surface area contributed by atoms with Crippen LogP contribution in [-0.2, 0) is 37.0 Å². The summed E-state index contributed by atoms with van der Waals surface area (Å²) in [6, 6.07) is 25.9. The summed E-state index contributed by atoms with van der Waals surface area (Å²) in [7, 11) is 0. The zero-order chi connectivity index (χ0) is 35.0. The lowest BCUT2D eigenvalue weighted by molar-refractivity contribution is -0.276. The highest BCUT2D eigenvalue weighted by atomic mass is 16.7. The van der Waals surface area contributed by atoms with E-state index in [1.807, 2.05) is 78.9 Å². The maximum absolute atomic E-state index is 12.5. The predicted octanol–water partition coefficient (Wildman–Crippen LogP) is 4.82. The molecular weight excluding hydrogens is 634 g/mol. The number of anilines is 1. The summed E-state index contributed by atoms with van der Waals surface area (Å²) in [5.41, 5.74) is 5.73. The van der Waals surface area contributed by atoms with Crippen molar-refractivity contribution in [1.29, 1.82) is 0 Å². The smallest absolute Gasteiger partial charge is 0.303 e. The molecule has 0 spiro atoms. The third-order valence-corrected chi connectivity index (χ3v) is 9.45. The summed E-state index contributed by atoms with van der Waals surface area (Å²) < 4.78 is 18.5. The van der Waals surface area contributed by atoms with E-state index in [1.165, 1.54) is 6.92 Å². The molecule has 2 aliphatic heterocycles. The first-order chi connectivity index (χ1) is 24.3. The summed E-state index contributed by atoms with van der Waals surface area (Å²) in [6.45, 7) is 9.52. The van der Waals surface area contributed by atoms with Crippen LogP contribution >= 0.6 is 0 Å². The molecule has 0 bridgehead atoms. The molecule has 3 aromatic carbocycles. The summed E-state index contributed by atoms with van der Waals surface area (Å²) in [5, 5.41) is 12.5. The molecular formula is C39H45N5O6. The van der Waals surface area contributed by atoms with Crippen LogP contribution in [0.25, 0.3) is 11.1 Å². The van der Waals surface area contributed by atoms with Crippen LogP contribution in [0, 0.1) is 5.92 Å². The quantitative estimate of drug-likeness (QED) is 0.213. The second-order valence-electron chi connectivity index (χ2n) is 12.9. The van der Waals surface area contributed by atoms with Crippen molar-refractivity contribution in [2.45, 2.75) is 58.5 Å². The van der Waals surface area contributed by atoms with Crippen LogP contribution in [0.1, 0.15) is 55.4 Å². The van der Waals surface area contributed by atoms with Crippen LogP contribution in [0.15, 0.2) is 91.3 Å². The van der Waals surface area contributed by atoms with E-state index in [-0.39, 0.29) is 30.6 Å². The number of benzene rings is 3. The molecule has 1 aromatic heterocycles. The molecule has 2 saturated heterocycles. The Kier molecular flexibility index (Phi) is 11.5. The van der Waals surface area contributed by atoms with Gasteiger partial charge in [-0.1, -0.05) is 79.7 Å². The van der Waals surface area contributed by atoms with E-state index in [2.05, 4.69) is 32.0 Å². The second-order valence-corrected chi connectivity index (χ2v) is 12.9. The first kappa shape index (κ1) is 35.2. The monoisotopic (exact) mass is 679 g/mol. The van der Waals surface area contributed by atoms with Crippen molar-refractivity contribution in [2.24, 2.45) is 5.92 Å². The Morgan fingerprint density at radius 2 is 1.60 bits per heavy atom. The fourth-order valence-electron chi connectivity index (χ4n) is 6.57. The van der Waals surface area contributed by atoms with E-state index in [0.717, 1.165) is 72.1 Å². The predicted molar refractivity (Wildman–Crippen MR) is 189 cm³/mol. The third-order valence-electron chi connectivity index (χ3n) is 9.45. The molecule has 2 aliphatic rings. The van der Waals surface area contributed by atoms with Crippen molar-refractivity contribution in [3.63, 3.8) is 0 Å². The molecule has 2 N–H and O–H groups in total. The van der Waals surface area contributed by atoms with Crippen molar-refractivity contribution in [1.82, 2.24) is 20.2 Å². The number of amides is 1. The minimum atomic E-state index is -0.870. The van der Waals surface area contributed by atoms with E-state index in [9.17, 15) is 14.7 Å². The van der Waals surface area contributed by atoms with Gasteiger partial charge in [-0.2, -0.15) is 0 Å². The maximum atomic E-state index is 12.5. The highest BCUT2D eigenvalue weighted by Crippen LogP contribution is 2.42. The van der Waals surface area contributed by atoms with Crippen molar-refractivity contribution in [2.75, 3.05) is 37.6 Å². The number of esters is 1. The van der Waals surface area contributed by atoms with Crippen molar-refractivity contribution in [3.8, 4) is 11.1 Å². The van der Waals surface area contributed by atoms with E-state index < -0.39 is 18.4 Å².